The van der Waals surface area contributed by atoms with Gasteiger partial charge in [0.2, 0.25) is 5.95 Å². The molecule has 0 spiro atoms. The first-order chi connectivity index (χ1) is 10.2. The van der Waals surface area contributed by atoms with Crippen LogP contribution in [-0.2, 0) is 17.8 Å². The van der Waals surface area contributed by atoms with Gasteiger partial charge in [0.15, 0.2) is 0 Å². The second-order valence-corrected chi connectivity index (χ2v) is 5.00. The minimum Gasteiger partial charge on any atom is -0.382 e. The minimum atomic E-state index is -0.405. The van der Waals surface area contributed by atoms with Crippen LogP contribution in [0.4, 0.5) is 10.3 Å². The van der Waals surface area contributed by atoms with Crippen LogP contribution in [0, 0.1) is 5.82 Å². The van der Waals surface area contributed by atoms with Crippen LogP contribution in [0.5, 0.6) is 0 Å². The molecule has 0 atom stereocenters. The zero-order chi connectivity index (χ0) is 15.1. The number of rotatable bonds is 8. The van der Waals surface area contributed by atoms with Crippen molar-refractivity contribution in [3.8, 4) is 0 Å². The number of aromatic nitrogens is 2. The van der Waals surface area contributed by atoms with Crippen LogP contribution in [0.2, 0.25) is 5.02 Å². The summed E-state index contributed by atoms with van der Waals surface area (Å²) in [7, 11) is 0. The first-order valence-corrected chi connectivity index (χ1v) is 7.35. The predicted molar refractivity (Wildman–Crippen MR) is 82.1 cm³/mol. The number of halogens is 2. The zero-order valence-corrected chi connectivity index (χ0v) is 12.7. The van der Waals surface area contributed by atoms with E-state index in [0.29, 0.717) is 6.54 Å². The van der Waals surface area contributed by atoms with Crippen molar-refractivity contribution in [1.29, 1.82) is 0 Å². The van der Waals surface area contributed by atoms with Crippen LogP contribution in [-0.4, -0.2) is 22.8 Å². The van der Waals surface area contributed by atoms with E-state index < -0.39 is 5.82 Å². The Morgan fingerprint density at radius 2 is 2.29 bits per heavy atom. The molecule has 0 bridgehead atoms. The Balaban J connectivity index is 1.88. The van der Waals surface area contributed by atoms with Crippen molar-refractivity contribution in [3.63, 3.8) is 0 Å². The maximum Gasteiger partial charge on any atom is 0.203 e. The molecule has 2 rings (SSSR count). The maximum atomic E-state index is 13.1. The number of nitrogens with one attached hydrogen (secondary N) is 1. The molecular weight excluding hydrogens is 293 g/mol. The fraction of sp³-hybridized carbons (Fsp3) is 0.400. The lowest BCUT2D eigenvalue weighted by atomic mass is 10.2. The largest absolute Gasteiger partial charge is 0.382 e. The van der Waals surface area contributed by atoms with E-state index in [1.54, 1.807) is 18.3 Å². The van der Waals surface area contributed by atoms with Gasteiger partial charge >= 0.3 is 0 Å². The van der Waals surface area contributed by atoms with Gasteiger partial charge in [0, 0.05) is 38.7 Å². The molecule has 6 heteroatoms. The molecule has 0 saturated heterocycles. The highest BCUT2D eigenvalue weighted by Crippen LogP contribution is 2.17. The van der Waals surface area contributed by atoms with Crippen LogP contribution in [0.15, 0.2) is 30.6 Å². The van der Waals surface area contributed by atoms with Gasteiger partial charge in [-0.2, -0.15) is 0 Å². The molecule has 4 nitrogen and oxygen atoms in total. The minimum absolute atomic E-state index is 0.134. The highest BCUT2D eigenvalue weighted by molar-refractivity contribution is 6.30. The molecule has 0 aliphatic carbocycles. The van der Waals surface area contributed by atoms with E-state index in [1.807, 2.05) is 17.7 Å². The Kier molecular flexibility index (Phi) is 6.02. The molecule has 1 N–H and O–H groups in total. The van der Waals surface area contributed by atoms with Crippen LogP contribution in [0.25, 0.3) is 0 Å². The standard InChI is InChI=1S/C15H19ClFN3O/c1-2-21-9-3-7-20-8-6-18-15(20)19-11-12-4-5-14(17)13(16)10-12/h4-6,8,10H,2-3,7,9,11H2,1H3,(H,18,19). The van der Waals surface area contributed by atoms with Gasteiger partial charge in [-0.05, 0) is 31.0 Å². The predicted octanol–water partition coefficient (Wildman–Crippen LogP) is 3.71. The fourth-order valence-corrected chi connectivity index (χ4v) is 2.17. The Bertz CT molecular complexity index is 574. The summed E-state index contributed by atoms with van der Waals surface area (Å²) in [5.74, 6) is 0.379. The number of benzene rings is 1. The first kappa shape index (κ1) is 15.8. The summed E-state index contributed by atoms with van der Waals surface area (Å²) >= 11 is 5.77. The van der Waals surface area contributed by atoms with Crippen molar-refractivity contribution in [1.82, 2.24) is 9.55 Å². The normalized spacial score (nSPS) is 10.8. The average molecular weight is 312 g/mol. The Labute approximate surface area is 128 Å². The van der Waals surface area contributed by atoms with Gasteiger partial charge in [-0.1, -0.05) is 17.7 Å². The smallest absolute Gasteiger partial charge is 0.203 e. The van der Waals surface area contributed by atoms with Crippen LogP contribution in [0.3, 0.4) is 0 Å². The van der Waals surface area contributed by atoms with E-state index in [1.165, 1.54) is 6.07 Å². The van der Waals surface area contributed by atoms with Gasteiger partial charge in [-0.15, -0.1) is 0 Å². The molecule has 1 aromatic heterocycles. The van der Waals surface area contributed by atoms with Gasteiger partial charge in [0.05, 0.1) is 5.02 Å². The van der Waals surface area contributed by atoms with Crippen molar-refractivity contribution in [2.75, 3.05) is 18.5 Å². The summed E-state index contributed by atoms with van der Waals surface area (Å²) in [5.41, 5.74) is 0.908. The monoisotopic (exact) mass is 311 g/mol. The average Bonchev–Trinajstić information content (AvgIpc) is 2.92. The van der Waals surface area contributed by atoms with E-state index in [0.717, 1.165) is 37.7 Å². The quantitative estimate of drug-likeness (QED) is 0.755. The zero-order valence-electron chi connectivity index (χ0n) is 12.0. The number of ether oxygens (including phenoxy) is 1. The molecule has 21 heavy (non-hydrogen) atoms. The number of nitrogens with zero attached hydrogens (tertiary/aromatic N) is 2. The SMILES string of the molecule is CCOCCCn1ccnc1NCc1ccc(F)c(Cl)c1. The van der Waals surface area contributed by atoms with Gasteiger partial charge in [0.25, 0.3) is 0 Å². The lowest BCUT2D eigenvalue weighted by Gasteiger charge is -2.10. The third-order valence-electron chi connectivity index (χ3n) is 3.04. The first-order valence-electron chi connectivity index (χ1n) is 6.97. The summed E-state index contributed by atoms with van der Waals surface area (Å²) in [6.45, 7) is 4.84. The number of hydrogen-bond donors (Lipinski definition) is 1. The lowest BCUT2D eigenvalue weighted by molar-refractivity contribution is 0.142. The molecule has 0 saturated carbocycles. The fourth-order valence-electron chi connectivity index (χ4n) is 1.97. The van der Waals surface area contributed by atoms with Crippen LogP contribution < -0.4 is 5.32 Å². The summed E-state index contributed by atoms with van der Waals surface area (Å²) in [4.78, 5) is 4.27. The van der Waals surface area contributed by atoms with Crippen molar-refractivity contribution >= 4 is 17.5 Å². The third kappa shape index (κ3) is 4.72. The van der Waals surface area contributed by atoms with Crippen molar-refractivity contribution in [2.24, 2.45) is 0 Å². The summed E-state index contributed by atoms with van der Waals surface area (Å²) in [6, 6.07) is 4.69. The van der Waals surface area contributed by atoms with Crippen LogP contribution >= 0.6 is 11.6 Å². The number of anilines is 1. The number of hydrogen-bond acceptors (Lipinski definition) is 3. The molecule has 0 amide bonds. The van der Waals surface area contributed by atoms with Crippen LogP contribution in [0.1, 0.15) is 18.9 Å². The van der Waals surface area contributed by atoms with Crippen molar-refractivity contribution in [3.05, 3.63) is 47.0 Å². The molecule has 114 valence electrons. The Morgan fingerprint density at radius 3 is 3.05 bits per heavy atom. The summed E-state index contributed by atoms with van der Waals surface area (Å²) < 4.78 is 20.5. The number of aryl methyl sites for hydroxylation is 1. The molecule has 0 aliphatic rings. The molecule has 0 unspecified atom stereocenters. The van der Waals surface area contributed by atoms with E-state index >= 15 is 0 Å². The topological polar surface area (TPSA) is 39.1 Å². The van der Waals surface area contributed by atoms with E-state index in [9.17, 15) is 4.39 Å². The molecule has 0 radical (unpaired) electrons. The second-order valence-electron chi connectivity index (χ2n) is 4.60. The van der Waals surface area contributed by atoms with E-state index in [-0.39, 0.29) is 5.02 Å². The molecule has 1 heterocycles. The summed E-state index contributed by atoms with van der Waals surface area (Å²) in [5, 5.41) is 3.36. The third-order valence-corrected chi connectivity index (χ3v) is 3.33. The lowest BCUT2D eigenvalue weighted by Crippen LogP contribution is -2.09. The van der Waals surface area contributed by atoms with Gasteiger partial charge in [-0.3, -0.25) is 0 Å². The Morgan fingerprint density at radius 1 is 1.43 bits per heavy atom. The maximum absolute atomic E-state index is 13.1. The molecule has 0 aliphatic heterocycles. The molecular formula is C15H19ClFN3O. The molecule has 2 aromatic rings. The highest BCUT2D eigenvalue weighted by atomic mass is 35.5. The highest BCUT2D eigenvalue weighted by Gasteiger charge is 2.04. The molecule has 1 aromatic carbocycles. The van der Waals surface area contributed by atoms with Gasteiger partial charge in [-0.25, -0.2) is 9.37 Å². The second kappa shape index (κ2) is 8.00. The van der Waals surface area contributed by atoms with E-state index in [4.69, 9.17) is 16.3 Å². The van der Waals surface area contributed by atoms with Crippen molar-refractivity contribution in [2.45, 2.75) is 26.4 Å². The number of imidazole rings is 1. The van der Waals surface area contributed by atoms with Crippen molar-refractivity contribution < 1.29 is 9.13 Å². The molecule has 0 fully saturated rings. The summed E-state index contributed by atoms with van der Waals surface area (Å²) in [6.07, 6.45) is 4.60. The van der Waals surface area contributed by atoms with Gasteiger partial charge in [0.1, 0.15) is 5.82 Å². The Hall–Kier alpha value is -1.59. The van der Waals surface area contributed by atoms with Gasteiger partial charge < -0.3 is 14.6 Å². The van der Waals surface area contributed by atoms with E-state index in [2.05, 4.69) is 10.3 Å².